The molecule has 2 heterocycles. The number of aryl methyl sites for hydroxylation is 2. The number of rotatable bonds is 6. The van der Waals surface area contributed by atoms with Crippen molar-refractivity contribution >= 4 is 5.91 Å². The Morgan fingerprint density at radius 2 is 1.63 bits per heavy atom. The number of benzene rings is 2. The molecule has 0 saturated carbocycles. The number of carbonyl (C=O) groups excluding carboxylic acids is 1. The summed E-state index contributed by atoms with van der Waals surface area (Å²) in [6.45, 7) is 5.08. The van der Waals surface area contributed by atoms with Crippen molar-refractivity contribution in [2.24, 2.45) is 0 Å². The van der Waals surface area contributed by atoms with E-state index >= 15 is 0 Å². The van der Waals surface area contributed by atoms with Gasteiger partial charge in [0.1, 0.15) is 5.69 Å². The van der Waals surface area contributed by atoms with E-state index in [9.17, 15) is 4.79 Å². The number of carbonyl (C=O) groups is 1. The fourth-order valence-corrected chi connectivity index (χ4v) is 3.24. The summed E-state index contributed by atoms with van der Waals surface area (Å²) in [7, 11) is 0. The van der Waals surface area contributed by atoms with Crippen LogP contribution in [0.3, 0.4) is 0 Å². The summed E-state index contributed by atoms with van der Waals surface area (Å²) in [5.74, 6) is -0.161. The maximum atomic E-state index is 13.0. The van der Waals surface area contributed by atoms with Gasteiger partial charge >= 0.3 is 0 Å². The molecule has 4 aromatic rings. The van der Waals surface area contributed by atoms with Gasteiger partial charge in [-0.25, -0.2) is 0 Å². The van der Waals surface area contributed by atoms with Crippen molar-refractivity contribution in [2.45, 2.75) is 26.9 Å². The van der Waals surface area contributed by atoms with Crippen LogP contribution in [0.4, 0.5) is 0 Å². The van der Waals surface area contributed by atoms with Gasteiger partial charge in [0.2, 0.25) is 0 Å². The zero-order valence-electron chi connectivity index (χ0n) is 17.2. The molecule has 0 spiro atoms. The predicted molar refractivity (Wildman–Crippen MR) is 118 cm³/mol. The van der Waals surface area contributed by atoms with Crippen LogP contribution >= 0.6 is 0 Å². The van der Waals surface area contributed by atoms with Gasteiger partial charge in [-0.2, -0.15) is 5.10 Å². The second kappa shape index (κ2) is 8.74. The maximum absolute atomic E-state index is 13.0. The molecule has 5 heteroatoms. The van der Waals surface area contributed by atoms with E-state index in [4.69, 9.17) is 5.10 Å². The molecule has 0 fully saturated rings. The first-order valence-electron chi connectivity index (χ1n) is 9.96. The summed E-state index contributed by atoms with van der Waals surface area (Å²) in [6, 6.07) is 22.1. The Balaban J connectivity index is 1.62. The third-order valence-corrected chi connectivity index (χ3v) is 4.95. The summed E-state index contributed by atoms with van der Waals surface area (Å²) in [5.41, 5.74) is 6.50. The molecule has 0 saturated heterocycles. The fourth-order valence-electron chi connectivity index (χ4n) is 3.24. The molecule has 4 rings (SSSR count). The molecule has 0 aliphatic heterocycles. The minimum absolute atomic E-state index is 0.161. The van der Waals surface area contributed by atoms with Crippen LogP contribution in [0.25, 0.3) is 11.3 Å². The Bertz CT molecular complexity index is 1130. The third-order valence-electron chi connectivity index (χ3n) is 4.95. The van der Waals surface area contributed by atoms with Crippen LogP contribution in [-0.2, 0) is 13.1 Å². The van der Waals surface area contributed by atoms with Gasteiger partial charge < -0.3 is 5.32 Å². The van der Waals surface area contributed by atoms with Gasteiger partial charge in [-0.05, 0) is 31.5 Å². The average molecular weight is 396 g/mol. The molecule has 0 bridgehead atoms. The van der Waals surface area contributed by atoms with E-state index < -0.39 is 0 Å². The molecule has 1 amide bonds. The number of nitrogens with zero attached hydrogens (tertiary/aromatic N) is 3. The Labute approximate surface area is 176 Å². The van der Waals surface area contributed by atoms with E-state index in [0.29, 0.717) is 24.3 Å². The minimum atomic E-state index is -0.161. The van der Waals surface area contributed by atoms with Crippen LogP contribution < -0.4 is 5.32 Å². The lowest BCUT2D eigenvalue weighted by atomic mass is 10.1. The van der Waals surface area contributed by atoms with Crippen LogP contribution in [0.2, 0.25) is 0 Å². The standard InChI is InChI=1S/C25H24N4O/c1-18-6-10-20(11-7-18)16-29-17-23(24(28-29)21-12-8-19(2)9-13-21)25(30)27-15-22-5-3-4-14-26-22/h3-14,17H,15-16H2,1-2H3,(H,27,30). The van der Waals surface area contributed by atoms with E-state index in [1.807, 2.05) is 60.3 Å². The van der Waals surface area contributed by atoms with E-state index in [1.165, 1.54) is 11.1 Å². The minimum Gasteiger partial charge on any atom is -0.346 e. The highest BCUT2D eigenvalue weighted by Gasteiger charge is 2.18. The molecule has 0 radical (unpaired) electrons. The van der Waals surface area contributed by atoms with Gasteiger partial charge in [0.05, 0.1) is 24.3 Å². The SMILES string of the molecule is Cc1ccc(Cn2cc(C(=O)NCc3ccccn3)c(-c3ccc(C)cc3)n2)cc1. The van der Waals surface area contributed by atoms with Gasteiger partial charge in [-0.3, -0.25) is 14.5 Å². The molecular weight excluding hydrogens is 372 g/mol. The maximum Gasteiger partial charge on any atom is 0.255 e. The van der Waals surface area contributed by atoms with Crippen molar-refractivity contribution in [3.05, 3.63) is 107 Å². The number of hydrogen-bond donors (Lipinski definition) is 1. The second-order valence-electron chi connectivity index (χ2n) is 7.44. The van der Waals surface area contributed by atoms with Crippen molar-refractivity contribution in [3.63, 3.8) is 0 Å². The highest BCUT2D eigenvalue weighted by Crippen LogP contribution is 2.23. The van der Waals surface area contributed by atoms with Gasteiger partial charge in [-0.15, -0.1) is 0 Å². The Hall–Kier alpha value is -3.73. The topological polar surface area (TPSA) is 59.8 Å². The van der Waals surface area contributed by atoms with Crippen LogP contribution in [0.5, 0.6) is 0 Å². The lowest BCUT2D eigenvalue weighted by molar-refractivity contribution is 0.0951. The summed E-state index contributed by atoms with van der Waals surface area (Å²) in [6.07, 6.45) is 3.54. The van der Waals surface area contributed by atoms with Crippen LogP contribution in [0.1, 0.15) is 32.7 Å². The number of amides is 1. The van der Waals surface area contributed by atoms with Crippen LogP contribution in [-0.4, -0.2) is 20.7 Å². The molecular formula is C25H24N4O. The molecule has 1 N–H and O–H groups in total. The first-order valence-corrected chi connectivity index (χ1v) is 9.96. The van der Waals surface area contributed by atoms with Gasteiger partial charge in [0.15, 0.2) is 0 Å². The summed E-state index contributed by atoms with van der Waals surface area (Å²) < 4.78 is 1.83. The molecule has 2 aromatic carbocycles. The van der Waals surface area contributed by atoms with Crippen molar-refractivity contribution < 1.29 is 4.79 Å². The fraction of sp³-hybridized carbons (Fsp3) is 0.160. The number of pyridine rings is 1. The smallest absolute Gasteiger partial charge is 0.255 e. The summed E-state index contributed by atoms with van der Waals surface area (Å²) in [5, 5.41) is 7.71. The quantitative estimate of drug-likeness (QED) is 0.520. The van der Waals surface area contributed by atoms with Crippen molar-refractivity contribution in [3.8, 4) is 11.3 Å². The van der Waals surface area contributed by atoms with E-state index in [2.05, 4.69) is 41.5 Å². The van der Waals surface area contributed by atoms with E-state index in [0.717, 1.165) is 16.8 Å². The Morgan fingerprint density at radius 3 is 2.30 bits per heavy atom. The molecule has 2 aromatic heterocycles. The molecule has 0 aliphatic carbocycles. The predicted octanol–water partition coefficient (Wildman–Crippen LogP) is 4.54. The van der Waals surface area contributed by atoms with Gasteiger partial charge in [0.25, 0.3) is 5.91 Å². The summed E-state index contributed by atoms with van der Waals surface area (Å²) in [4.78, 5) is 17.3. The number of nitrogens with one attached hydrogen (secondary N) is 1. The largest absolute Gasteiger partial charge is 0.346 e. The molecule has 0 atom stereocenters. The zero-order chi connectivity index (χ0) is 20.9. The monoisotopic (exact) mass is 396 g/mol. The average Bonchev–Trinajstić information content (AvgIpc) is 3.19. The van der Waals surface area contributed by atoms with Crippen LogP contribution in [0.15, 0.2) is 79.1 Å². The first-order chi connectivity index (χ1) is 14.6. The first kappa shape index (κ1) is 19.6. The second-order valence-corrected chi connectivity index (χ2v) is 7.44. The molecule has 30 heavy (non-hydrogen) atoms. The summed E-state index contributed by atoms with van der Waals surface area (Å²) >= 11 is 0. The van der Waals surface area contributed by atoms with Gasteiger partial charge in [0, 0.05) is 18.0 Å². The number of hydrogen-bond acceptors (Lipinski definition) is 3. The van der Waals surface area contributed by atoms with Crippen molar-refractivity contribution in [2.75, 3.05) is 0 Å². The van der Waals surface area contributed by atoms with Crippen molar-refractivity contribution in [1.29, 1.82) is 0 Å². The van der Waals surface area contributed by atoms with E-state index in [-0.39, 0.29) is 5.91 Å². The molecule has 150 valence electrons. The lowest BCUT2D eigenvalue weighted by Crippen LogP contribution is -2.23. The Kier molecular flexibility index (Phi) is 5.70. The number of aromatic nitrogens is 3. The van der Waals surface area contributed by atoms with Gasteiger partial charge in [-0.1, -0.05) is 65.7 Å². The third kappa shape index (κ3) is 4.63. The normalized spacial score (nSPS) is 10.7. The highest BCUT2D eigenvalue weighted by atomic mass is 16.1. The lowest BCUT2D eigenvalue weighted by Gasteiger charge is -2.05. The van der Waals surface area contributed by atoms with Crippen molar-refractivity contribution in [1.82, 2.24) is 20.1 Å². The van der Waals surface area contributed by atoms with E-state index in [1.54, 1.807) is 6.20 Å². The molecule has 5 nitrogen and oxygen atoms in total. The molecule has 0 aliphatic rings. The zero-order valence-corrected chi connectivity index (χ0v) is 17.2. The van der Waals surface area contributed by atoms with Crippen LogP contribution in [0, 0.1) is 13.8 Å². The Morgan fingerprint density at radius 1 is 0.933 bits per heavy atom. The molecule has 0 unspecified atom stereocenters. The highest BCUT2D eigenvalue weighted by molar-refractivity contribution is 5.99.